The number of hydrogen-bond acceptors (Lipinski definition) is 5. The van der Waals surface area contributed by atoms with Crippen molar-refractivity contribution in [3.8, 4) is 11.5 Å². The lowest BCUT2D eigenvalue weighted by molar-refractivity contribution is 0.0858. The Balaban J connectivity index is 1.83. The Hall–Kier alpha value is -2.80. The lowest BCUT2D eigenvalue weighted by Gasteiger charge is -2.16. The van der Waals surface area contributed by atoms with E-state index in [2.05, 4.69) is 4.99 Å². The Morgan fingerprint density at radius 1 is 1.00 bits per heavy atom. The number of carbonyl (C=O) groups excluding carboxylic acids is 2. The summed E-state index contributed by atoms with van der Waals surface area (Å²) in [6.07, 6.45) is 0. The zero-order chi connectivity index (χ0) is 18.5. The van der Waals surface area contributed by atoms with Crippen molar-refractivity contribution < 1.29 is 19.1 Å². The van der Waals surface area contributed by atoms with Crippen molar-refractivity contribution in [1.82, 2.24) is 4.90 Å². The number of methoxy groups -OCH3 is 2. The molecule has 1 fully saturated rings. The number of rotatable bonds is 4. The molecule has 0 radical (unpaired) electrons. The highest BCUT2D eigenvalue weighted by Gasteiger charge is 2.28. The molecule has 26 heavy (non-hydrogen) atoms. The van der Waals surface area contributed by atoms with Gasteiger partial charge in [0.05, 0.1) is 14.2 Å². The summed E-state index contributed by atoms with van der Waals surface area (Å²) in [6.45, 7) is 0.505. The summed E-state index contributed by atoms with van der Waals surface area (Å²) >= 11 is 1.39. The predicted molar refractivity (Wildman–Crippen MR) is 101 cm³/mol. The van der Waals surface area contributed by atoms with E-state index in [1.165, 1.54) is 23.8 Å². The fourth-order valence-corrected chi connectivity index (χ4v) is 3.44. The van der Waals surface area contributed by atoms with Crippen molar-refractivity contribution in [1.29, 1.82) is 0 Å². The number of carbonyl (C=O) groups is 2. The van der Waals surface area contributed by atoms with Crippen molar-refractivity contribution in [2.75, 3.05) is 26.5 Å². The lowest BCUT2D eigenvalue weighted by Crippen LogP contribution is -2.32. The van der Waals surface area contributed by atoms with E-state index < -0.39 is 5.91 Å². The first kappa shape index (κ1) is 18.0. The number of hydrogen-bond donors (Lipinski definition) is 0. The van der Waals surface area contributed by atoms with Crippen molar-refractivity contribution in [2.24, 2.45) is 4.99 Å². The van der Waals surface area contributed by atoms with E-state index in [1.807, 2.05) is 0 Å². The quantitative estimate of drug-likeness (QED) is 0.827. The molecule has 1 heterocycles. The molecule has 0 unspecified atom stereocenters. The van der Waals surface area contributed by atoms with Crippen LogP contribution in [-0.2, 0) is 0 Å². The van der Waals surface area contributed by atoms with E-state index in [4.69, 9.17) is 9.47 Å². The molecule has 0 spiro atoms. The van der Waals surface area contributed by atoms with Crippen molar-refractivity contribution >= 4 is 28.7 Å². The smallest absolute Gasteiger partial charge is 0.279 e. The maximum Gasteiger partial charge on any atom is 0.279 e. The lowest BCUT2D eigenvalue weighted by atomic mass is 10.2. The van der Waals surface area contributed by atoms with E-state index >= 15 is 0 Å². The average molecular weight is 370 g/mol. The van der Waals surface area contributed by atoms with Crippen molar-refractivity contribution in [2.45, 2.75) is 0 Å². The third-order valence-corrected chi connectivity index (χ3v) is 4.81. The zero-order valence-electron chi connectivity index (χ0n) is 14.5. The van der Waals surface area contributed by atoms with Gasteiger partial charge in [-0.15, -0.1) is 0 Å². The van der Waals surface area contributed by atoms with Crippen molar-refractivity contribution in [3.05, 3.63) is 59.7 Å². The van der Waals surface area contributed by atoms with Crippen LogP contribution in [0.5, 0.6) is 11.5 Å². The summed E-state index contributed by atoms with van der Waals surface area (Å²) in [7, 11) is 3.09. The van der Waals surface area contributed by atoms with Crippen LogP contribution in [-0.4, -0.2) is 48.4 Å². The molecule has 7 heteroatoms. The minimum Gasteiger partial charge on any atom is -0.497 e. The van der Waals surface area contributed by atoms with Crippen LogP contribution >= 0.6 is 11.8 Å². The van der Waals surface area contributed by atoms with Gasteiger partial charge in [-0.1, -0.05) is 23.9 Å². The van der Waals surface area contributed by atoms with Gasteiger partial charge >= 0.3 is 0 Å². The van der Waals surface area contributed by atoms with Gasteiger partial charge in [-0.25, -0.2) is 0 Å². The minimum atomic E-state index is -0.406. The van der Waals surface area contributed by atoms with Gasteiger partial charge < -0.3 is 9.47 Å². The minimum absolute atomic E-state index is 0.203. The average Bonchev–Trinajstić information content (AvgIpc) is 3.15. The van der Waals surface area contributed by atoms with E-state index in [0.29, 0.717) is 40.1 Å². The second-order valence-electron chi connectivity index (χ2n) is 5.47. The Morgan fingerprint density at radius 2 is 1.62 bits per heavy atom. The SMILES string of the molecule is COc1cccc(C(=O)N=C2SCCN2C(=O)c2cccc(OC)c2)c1. The van der Waals surface area contributed by atoms with E-state index in [9.17, 15) is 9.59 Å². The summed E-state index contributed by atoms with van der Waals surface area (Å²) in [5.74, 6) is 1.27. The maximum absolute atomic E-state index is 12.8. The number of aliphatic imine (C=N–C) groups is 1. The number of thioether (sulfide) groups is 1. The van der Waals surface area contributed by atoms with Crippen LogP contribution in [0.3, 0.4) is 0 Å². The third-order valence-electron chi connectivity index (χ3n) is 3.85. The fourth-order valence-electron chi connectivity index (χ4n) is 2.50. The number of amidine groups is 1. The van der Waals surface area contributed by atoms with Crippen LogP contribution in [0.25, 0.3) is 0 Å². The molecule has 0 saturated carbocycles. The summed E-state index contributed by atoms with van der Waals surface area (Å²) in [5, 5.41) is 0.408. The molecule has 0 atom stereocenters. The number of ether oxygens (including phenoxy) is 2. The standard InChI is InChI=1S/C19H18N2O4S/c1-24-15-7-3-5-13(11-15)17(22)20-19-21(9-10-26-19)18(23)14-6-4-8-16(12-14)25-2/h3-8,11-12H,9-10H2,1-2H3. The second-order valence-corrected chi connectivity index (χ2v) is 6.53. The van der Waals surface area contributed by atoms with Gasteiger partial charge in [0.15, 0.2) is 5.17 Å². The first-order valence-electron chi connectivity index (χ1n) is 7.98. The summed E-state index contributed by atoms with van der Waals surface area (Å²) in [5.41, 5.74) is 0.909. The van der Waals surface area contributed by atoms with Gasteiger partial charge in [0, 0.05) is 23.4 Å². The van der Waals surface area contributed by atoms with Crippen LogP contribution in [0.15, 0.2) is 53.5 Å². The number of nitrogens with zero attached hydrogens (tertiary/aromatic N) is 2. The zero-order valence-corrected chi connectivity index (χ0v) is 15.3. The largest absolute Gasteiger partial charge is 0.497 e. The molecule has 134 valence electrons. The highest BCUT2D eigenvalue weighted by atomic mass is 32.2. The molecule has 3 rings (SSSR count). The van der Waals surface area contributed by atoms with Crippen LogP contribution in [0.1, 0.15) is 20.7 Å². The molecule has 2 aromatic carbocycles. The molecule has 0 aromatic heterocycles. The van der Waals surface area contributed by atoms with Gasteiger partial charge in [-0.3, -0.25) is 14.5 Å². The highest BCUT2D eigenvalue weighted by molar-refractivity contribution is 8.14. The number of amides is 2. The number of benzene rings is 2. The normalized spacial score (nSPS) is 15.2. The van der Waals surface area contributed by atoms with Gasteiger partial charge in [-0.2, -0.15) is 4.99 Å². The first-order valence-corrected chi connectivity index (χ1v) is 8.96. The molecule has 0 aliphatic carbocycles. The van der Waals surface area contributed by atoms with Crippen LogP contribution < -0.4 is 9.47 Å². The molecule has 2 amide bonds. The second kappa shape index (κ2) is 8.05. The van der Waals surface area contributed by atoms with Gasteiger partial charge in [0.25, 0.3) is 11.8 Å². The Labute approximate surface area is 155 Å². The van der Waals surface area contributed by atoms with Gasteiger partial charge in [-0.05, 0) is 36.4 Å². The third kappa shape index (κ3) is 3.88. The monoisotopic (exact) mass is 370 g/mol. The first-order chi connectivity index (χ1) is 12.6. The Morgan fingerprint density at radius 3 is 2.27 bits per heavy atom. The highest BCUT2D eigenvalue weighted by Crippen LogP contribution is 2.23. The maximum atomic E-state index is 12.8. The van der Waals surface area contributed by atoms with E-state index in [-0.39, 0.29) is 5.91 Å². The molecule has 0 N–H and O–H groups in total. The topological polar surface area (TPSA) is 68.2 Å². The predicted octanol–water partition coefficient (Wildman–Crippen LogP) is 3.09. The summed E-state index contributed by atoms with van der Waals surface area (Å²) in [4.78, 5) is 30.9. The van der Waals surface area contributed by atoms with Crippen LogP contribution in [0.2, 0.25) is 0 Å². The summed E-state index contributed by atoms with van der Waals surface area (Å²) in [6, 6.07) is 13.7. The van der Waals surface area contributed by atoms with Crippen LogP contribution in [0.4, 0.5) is 0 Å². The molecule has 6 nitrogen and oxygen atoms in total. The molecule has 0 bridgehead atoms. The molecule has 1 saturated heterocycles. The van der Waals surface area contributed by atoms with Crippen LogP contribution in [0, 0.1) is 0 Å². The Kier molecular flexibility index (Phi) is 5.58. The van der Waals surface area contributed by atoms with Crippen molar-refractivity contribution in [3.63, 3.8) is 0 Å². The summed E-state index contributed by atoms with van der Waals surface area (Å²) < 4.78 is 10.3. The molecule has 1 aliphatic rings. The van der Waals surface area contributed by atoms with E-state index in [0.717, 1.165) is 0 Å². The molecular weight excluding hydrogens is 352 g/mol. The van der Waals surface area contributed by atoms with E-state index in [1.54, 1.807) is 55.6 Å². The molecule has 2 aromatic rings. The van der Waals surface area contributed by atoms with Gasteiger partial charge in [0.2, 0.25) is 0 Å². The molecular formula is C19H18N2O4S. The molecule has 1 aliphatic heterocycles. The van der Waals surface area contributed by atoms with Gasteiger partial charge in [0.1, 0.15) is 11.5 Å². The Bertz CT molecular complexity index is 866. The fraction of sp³-hybridized carbons (Fsp3) is 0.211.